The summed E-state index contributed by atoms with van der Waals surface area (Å²) in [6.07, 6.45) is -1.36. The maximum absolute atomic E-state index is 13.3. The van der Waals surface area contributed by atoms with E-state index in [0.717, 1.165) is 11.6 Å². The standard InChI is InChI=1S/C19H18F3N5O2/c1-29-16-3-2-13(10-14(16)19(20,21)22)25-17-11-15(12-4-6-23-7-5-12)26-18(27-17)24-8-9-28/h2-7,10-11,28H,8-9H2,1H3,(H2,24,25,26,27). The second-order valence-electron chi connectivity index (χ2n) is 5.89. The number of aliphatic hydroxyl groups excluding tert-OH is 1. The van der Waals surface area contributed by atoms with Crippen molar-refractivity contribution in [3.8, 4) is 17.0 Å². The zero-order valence-electron chi connectivity index (χ0n) is 15.4. The zero-order chi connectivity index (χ0) is 20.9. The molecule has 3 N–H and O–H groups in total. The van der Waals surface area contributed by atoms with Gasteiger partial charge in [-0.3, -0.25) is 4.98 Å². The molecule has 0 bridgehead atoms. The number of nitrogens with zero attached hydrogens (tertiary/aromatic N) is 3. The average molecular weight is 405 g/mol. The Morgan fingerprint density at radius 2 is 1.83 bits per heavy atom. The quantitative estimate of drug-likeness (QED) is 0.552. The lowest BCUT2D eigenvalue weighted by atomic mass is 10.1. The molecule has 1 aromatic carbocycles. The van der Waals surface area contributed by atoms with Gasteiger partial charge in [0.05, 0.1) is 25.0 Å². The van der Waals surface area contributed by atoms with E-state index in [-0.39, 0.29) is 36.4 Å². The maximum atomic E-state index is 13.3. The molecule has 0 fully saturated rings. The lowest BCUT2D eigenvalue weighted by Crippen LogP contribution is -2.11. The smallest absolute Gasteiger partial charge is 0.420 e. The Morgan fingerprint density at radius 3 is 2.48 bits per heavy atom. The van der Waals surface area contributed by atoms with Gasteiger partial charge in [0.25, 0.3) is 0 Å². The highest BCUT2D eigenvalue weighted by Crippen LogP contribution is 2.38. The lowest BCUT2D eigenvalue weighted by molar-refractivity contribution is -0.138. The number of ether oxygens (including phenoxy) is 1. The van der Waals surface area contributed by atoms with Crippen LogP contribution >= 0.6 is 0 Å². The van der Waals surface area contributed by atoms with Crippen molar-refractivity contribution in [3.63, 3.8) is 0 Å². The molecule has 7 nitrogen and oxygen atoms in total. The number of hydrogen-bond donors (Lipinski definition) is 3. The fraction of sp³-hybridized carbons (Fsp3) is 0.211. The van der Waals surface area contributed by atoms with Crippen LogP contribution in [-0.4, -0.2) is 40.3 Å². The van der Waals surface area contributed by atoms with Crippen molar-refractivity contribution < 1.29 is 23.0 Å². The molecular formula is C19H18F3N5O2. The number of pyridine rings is 1. The van der Waals surface area contributed by atoms with Crippen LogP contribution in [0.2, 0.25) is 0 Å². The van der Waals surface area contributed by atoms with Crippen LogP contribution in [0.1, 0.15) is 5.56 Å². The van der Waals surface area contributed by atoms with Crippen LogP contribution in [0.25, 0.3) is 11.3 Å². The average Bonchev–Trinajstić information content (AvgIpc) is 2.72. The molecule has 0 saturated heterocycles. The van der Waals surface area contributed by atoms with Crippen LogP contribution in [0, 0.1) is 0 Å². The van der Waals surface area contributed by atoms with E-state index < -0.39 is 11.7 Å². The number of methoxy groups -OCH3 is 1. The van der Waals surface area contributed by atoms with E-state index in [9.17, 15) is 13.2 Å². The number of benzene rings is 1. The summed E-state index contributed by atoms with van der Waals surface area (Å²) in [4.78, 5) is 12.6. The molecule has 0 radical (unpaired) electrons. The van der Waals surface area contributed by atoms with Crippen LogP contribution in [0.4, 0.5) is 30.6 Å². The molecule has 0 amide bonds. The molecule has 3 rings (SSSR count). The normalized spacial score (nSPS) is 11.2. The molecule has 152 valence electrons. The summed E-state index contributed by atoms with van der Waals surface area (Å²) in [6, 6.07) is 8.75. The number of alkyl halides is 3. The highest BCUT2D eigenvalue weighted by molar-refractivity contribution is 5.68. The lowest BCUT2D eigenvalue weighted by Gasteiger charge is -2.15. The van der Waals surface area contributed by atoms with E-state index in [2.05, 4.69) is 25.6 Å². The van der Waals surface area contributed by atoms with E-state index in [4.69, 9.17) is 9.84 Å². The molecule has 2 heterocycles. The molecule has 29 heavy (non-hydrogen) atoms. The predicted octanol–water partition coefficient (Wildman–Crippen LogP) is 3.71. The topological polar surface area (TPSA) is 92.2 Å². The minimum absolute atomic E-state index is 0.126. The zero-order valence-corrected chi connectivity index (χ0v) is 15.4. The second kappa shape index (κ2) is 8.74. The first-order valence-electron chi connectivity index (χ1n) is 8.57. The van der Waals surface area contributed by atoms with Crippen LogP contribution < -0.4 is 15.4 Å². The molecule has 0 saturated carbocycles. The maximum Gasteiger partial charge on any atom is 0.420 e. The molecule has 0 atom stereocenters. The fourth-order valence-electron chi connectivity index (χ4n) is 2.58. The van der Waals surface area contributed by atoms with Gasteiger partial charge in [-0.05, 0) is 30.3 Å². The predicted molar refractivity (Wildman–Crippen MR) is 102 cm³/mol. The molecule has 0 unspecified atom stereocenters. The van der Waals surface area contributed by atoms with Gasteiger partial charge in [0.1, 0.15) is 11.6 Å². The van der Waals surface area contributed by atoms with Crippen LogP contribution in [0.15, 0.2) is 48.8 Å². The number of anilines is 3. The van der Waals surface area contributed by atoms with Crippen molar-refractivity contribution in [2.24, 2.45) is 0 Å². The van der Waals surface area contributed by atoms with Crippen LogP contribution in [0.3, 0.4) is 0 Å². The van der Waals surface area contributed by atoms with Crippen molar-refractivity contribution in [2.75, 3.05) is 30.9 Å². The number of aromatic nitrogens is 3. The first kappa shape index (κ1) is 20.3. The van der Waals surface area contributed by atoms with E-state index in [1.165, 1.54) is 19.2 Å². The van der Waals surface area contributed by atoms with E-state index >= 15 is 0 Å². The van der Waals surface area contributed by atoms with Gasteiger partial charge in [0.15, 0.2) is 0 Å². The molecule has 3 aromatic rings. The molecular weight excluding hydrogens is 387 g/mol. The van der Waals surface area contributed by atoms with Crippen LogP contribution in [-0.2, 0) is 6.18 Å². The molecule has 0 aliphatic carbocycles. The van der Waals surface area contributed by atoms with Gasteiger partial charge >= 0.3 is 6.18 Å². The summed E-state index contributed by atoms with van der Waals surface area (Å²) in [5, 5.41) is 14.7. The Labute approximate surface area is 164 Å². The number of aliphatic hydroxyl groups is 1. The minimum Gasteiger partial charge on any atom is -0.496 e. The van der Waals surface area contributed by atoms with Gasteiger partial charge in [0, 0.05) is 36.3 Å². The van der Waals surface area contributed by atoms with E-state index in [1.54, 1.807) is 30.6 Å². The SMILES string of the molecule is COc1ccc(Nc2cc(-c3ccncc3)nc(NCCO)n2)cc1C(F)(F)F. The van der Waals surface area contributed by atoms with Crippen molar-refractivity contribution in [2.45, 2.75) is 6.18 Å². The van der Waals surface area contributed by atoms with Gasteiger partial charge in [-0.2, -0.15) is 18.2 Å². The number of hydrogen-bond acceptors (Lipinski definition) is 7. The first-order valence-corrected chi connectivity index (χ1v) is 8.57. The summed E-state index contributed by atoms with van der Waals surface area (Å²) in [5.41, 5.74) is 0.579. The Bertz CT molecular complexity index is 968. The number of nitrogens with one attached hydrogen (secondary N) is 2. The van der Waals surface area contributed by atoms with Crippen molar-refractivity contribution in [1.29, 1.82) is 0 Å². The Morgan fingerprint density at radius 1 is 1.07 bits per heavy atom. The van der Waals surface area contributed by atoms with Gasteiger partial charge in [0.2, 0.25) is 5.95 Å². The third kappa shape index (κ3) is 5.11. The highest BCUT2D eigenvalue weighted by atomic mass is 19.4. The second-order valence-corrected chi connectivity index (χ2v) is 5.89. The fourth-order valence-corrected chi connectivity index (χ4v) is 2.58. The third-order valence-corrected chi connectivity index (χ3v) is 3.87. The monoisotopic (exact) mass is 405 g/mol. The highest BCUT2D eigenvalue weighted by Gasteiger charge is 2.34. The van der Waals surface area contributed by atoms with E-state index in [1.807, 2.05) is 0 Å². The van der Waals surface area contributed by atoms with E-state index in [0.29, 0.717) is 5.69 Å². The Kier molecular flexibility index (Phi) is 6.13. The Hall–Kier alpha value is -3.40. The molecule has 10 heteroatoms. The Balaban J connectivity index is 1.98. The number of halogens is 3. The van der Waals surface area contributed by atoms with Gasteiger partial charge in [-0.1, -0.05) is 0 Å². The first-order chi connectivity index (χ1) is 13.9. The van der Waals surface area contributed by atoms with Gasteiger partial charge in [-0.15, -0.1) is 0 Å². The van der Waals surface area contributed by atoms with Crippen molar-refractivity contribution >= 4 is 17.5 Å². The molecule has 0 aliphatic rings. The molecule has 2 aromatic heterocycles. The molecule has 0 spiro atoms. The number of rotatable bonds is 7. The minimum atomic E-state index is -4.56. The summed E-state index contributed by atoms with van der Waals surface area (Å²) in [5.74, 6) is 0.236. The third-order valence-electron chi connectivity index (χ3n) is 3.87. The summed E-state index contributed by atoms with van der Waals surface area (Å²) in [7, 11) is 1.18. The summed E-state index contributed by atoms with van der Waals surface area (Å²) < 4.78 is 44.6. The summed E-state index contributed by atoms with van der Waals surface area (Å²) >= 11 is 0. The van der Waals surface area contributed by atoms with Crippen molar-refractivity contribution in [1.82, 2.24) is 15.0 Å². The summed E-state index contributed by atoms with van der Waals surface area (Å²) in [6.45, 7) is 0.0963. The van der Waals surface area contributed by atoms with Gasteiger partial charge in [-0.25, -0.2) is 4.98 Å². The van der Waals surface area contributed by atoms with Gasteiger partial charge < -0.3 is 20.5 Å². The van der Waals surface area contributed by atoms with Crippen LogP contribution in [0.5, 0.6) is 5.75 Å². The largest absolute Gasteiger partial charge is 0.496 e. The van der Waals surface area contributed by atoms with Crippen molar-refractivity contribution in [3.05, 3.63) is 54.4 Å². The molecule has 0 aliphatic heterocycles.